The summed E-state index contributed by atoms with van der Waals surface area (Å²) in [4.78, 5) is 31.4. The highest BCUT2D eigenvalue weighted by Crippen LogP contribution is 2.23. The van der Waals surface area contributed by atoms with Crippen molar-refractivity contribution >= 4 is 12.0 Å². The van der Waals surface area contributed by atoms with Crippen molar-refractivity contribution in [3.8, 4) is 11.3 Å². The molecule has 0 spiro atoms. The van der Waals surface area contributed by atoms with E-state index in [-0.39, 0.29) is 11.7 Å². The minimum Gasteiger partial charge on any atom is -0.444 e. The number of benzene rings is 1. The third-order valence-electron chi connectivity index (χ3n) is 4.58. The second-order valence-electron chi connectivity index (χ2n) is 8.72. The molecule has 0 saturated carbocycles. The molecule has 0 bridgehead atoms. The van der Waals surface area contributed by atoms with E-state index in [9.17, 15) is 14.0 Å². The smallest absolute Gasteiger partial charge is 0.408 e. The number of amides is 2. The SMILES string of the molecule is CC(C)(C)OC(=O)NC(C)(C)C(=O)N1CCn2cc(-c3ccc(F)cc3)nc2C1. The van der Waals surface area contributed by atoms with Crippen LogP contribution >= 0.6 is 0 Å². The summed E-state index contributed by atoms with van der Waals surface area (Å²) in [5.41, 5.74) is -0.203. The first-order valence-corrected chi connectivity index (χ1v) is 9.57. The van der Waals surface area contributed by atoms with Crippen LogP contribution in [0.1, 0.15) is 40.4 Å². The lowest BCUT2D eigenvalue weighted by Crippen LogP contribution is -2.57. The molecule has 1 aliphatic heterocycles. The van der Waals surface area contributed by atoms with Gasteiger partial charge in [-0.25, -0.2) is 14.2 Å². The van der Waals surface area contributed by atoms with Crippen LogP contribution in [0, 0.1) is 5.82 Å². The summed E-state index contributed by atoms with van der Waals surface area (Å²) < 4.78 is 20.4. The van der Waals surface area contributed by atoms with Crippen LogP contribution in [-0.2, 0) is 22.6 Å². The third kappa shape index (κ3) is 4.93. The van der Waals surface area contributed by atoms with Gasteiger partial charge >= 0.3 is 6.09 Å². The summed E-state index contributed by atoms with van der Waals surface area (Å²) in [5, 5.41) is 2.66. The maximum atomic E-state index is 13.2. The van der Waals surface area contributed by atoms with E-state index in [0.717, 1.165) is 17.1 Å². The standard InChI is InChI=1S/C21H27FN4O3/c1-20(2,3)29-19(28)24-21(4,5)18(27)26-11-10-25-12-16(23-17(25)13-26)14-6-8-15(22)9-7-14/h6-9,12H,10-11,13H2,1-5H3,(H,24,28). The van der Waals surface area contributed by atoms with E-state index in [0.29, 0.717) is 19.6 Å². The number of carbonyl (C=O) groups is 2. The Kier molecular flexibility index (Phi) is 5.38. The summed E-state index contributed by atoms with van der Waals surface area (Å²) in [5.74, 6) is 0.243. The largest absolute Gasteiger partial charge is 0.444 e. The molecule has 2 amide bonds. The van der Waals surface area contributed by atoms with E-state index in [1.54, 1.807) is 51.7 Å². The average molecular weight is 402 g/mol. The number of aromatic nitrogens is 2. The number of hydrogen-bond acceptors (Lipinski definition) is 4. The van der Waals surface area contributed by atoms with Crippen LogP contribution in [0.25, 0.3) is 11.3 Å². The van der Waals surface area contributed by atoms with Crippen molar-refractivity contribution < 1.29 is 18.7 Å². The van der Waals surface area contributed by atoms with Gasteiger partial charge in [-0.1, -0.05) is 0 Å². The number of imidazole rings is 1. The maximum absolute atomic E-state index is 13.2. The first-order chi connectivity index (χ1) is 13.4. The van der Waals surface area contributed by atoms with Crippen LogP contribution < -0.4 is 5.32 Å². The van der Waals surface area contributed by atoms with Crippen molar-refractivity contribution in [2.45, 2.75) is 58.8 Å². The Morgan fingerprint density at radius 1 is 1.10 bits per heavy atom. The molecular weight excluding hydrogens is 375 g/mol. The lowest BCUT2D eigenvalue weighted by atomic mass is 10.0. The molecule has 3 rings (SSSR count). The average Bonchev–Trinajstić information content (AvgIpc) is 3.02. The van der Waals surface area contributed by atoms with Crippen LogP contribution in [0.2, 0.25) is 0 Å². The van der Waals surface area contributed by atoms with Crippen molar-refractivity contribution in [1.82, 2.24) is 19.8 Å². The van der Waals surface area contributed by atoms with E-state index < -0.39 is 17.2 Å². The summed E-state index contributed by atoms with van der Waals surface area (Å²) in [6.07, 6.45) is 1.28. The van der Waals surface area contributed by atoms with Gasteiger partial charge in [0.15, 0.2) is 0 Å². The van der Waals surface area contributed by atoms with Gasteiger partial charge in [-0.3, -0.25) is 4.79 Å². The second kappa shape index (κ2) is 7.50. The molecule has 1 aromatic carbocycles. The lowest BCUT2D eigenvalue weighted by Gasteiger charge is -2.35. The highest BCUT2D eigenvalue weighted by atomic mass is 19.1. The van der Waals surface area contributed by atoms with Gasteiger partial charge in [0.25, 0.3) is 0 Å². The number of rotatable bonds is 3. The van der Waals surface area contributed by atoms with Crippen molar-refractivity contribution in [2.24, 2.45) is 0 Å². The summed E-state index contributed by atoms with van der Waals surface area (Å²) in [6, 6.07) is 6.16. The molecule has 2 heterocycles. The molecule has 0 radical (unpaired) electrons. The fourth-order valence-corrected chi connectivity index (χ4v) is 3.19. The molecule has 156 valence electrons. The van der Waals surface area contributed by atoms with Crippen molar-refractivity contribution in [2.75, 3.05) is 6.54 Å². The number of nitrogens with one attached hydrogen (secondary N) is 1. The van der Waals surface area contributed by atoms with Gasteiger partial charge in [0.2, 0.25) is 5.91 Å². The van der Waals surface area contributed by atoms with Crippen LogP contribution in [0.4, 0.5) is 9.18 Å². The zero-order chi connectivity index (χ0) is 21.4. The fraction of sp³-hybridized carbons (Fsp3) is 0.476. The van der Waals surface area contributed by atoms with Gasteiger partial charge in [-0.2, -0.15) is 0 Å². The first kappa shape index (κ1) is 20.8. The van der Waals surface area contributed by atoms with Crippen LogP contribution in [0.15, 0.2) is 30.5 Å². The number of ether oxygens (including phenoxy) is 1. The quantitative estimate of drug-likeness (QED) is 0.854. The number of hydrogen-bond donors (Lipinski definition) is 1. The molecular formula is C21H27FN4O3. The molecule has 0 unspecified atom stereocenters. The van der Waals surface area contributed by atoms with Crippen molar-refractivity contribution in [3.05, 3.63) is 42.1 Å². The van der Waals surface area contributed by atoms with E-state index in [1.807, 2.05) is 10.8 Å². The Morgan fingerprint density at radius 3 is 2.38 bits per heavy atom. The molecule has 1 N–H and O–H groups in total. The van der Waals surface area contributed by atoms with Crippen LogP contribution in [0.5, 0.6) is 0 Å². The van der Waals surface area contributed by atoms with Crippen molar-refractivity contribution in [1.29, 1.82) is 0 Å². The summed E-state index contributed by atoms with van der Waals surface area (Å²) >= 11 is 0. The lowest BCUT2D eigenvalue weighted by molar-refractivity contribution is -0.138. The molecule has 0 fully saturated rings. The van der Waals surface area contributed by atoms with Gasteiger partial charge < -0.3 is 19.5 Å². The Labute approximate surface area is 169 Å². The number of carbonyl (C=O) groups excluding carboxylic acids is 2. The Morgan fingerprint density at radius 2 is 1.76 bits per heavy atom. The van der Waals surface area contributed by atoms with Gasteiger partial charge in [0.05, 0.1) is 12.2 Å². The molecule has 29 heavy (non-hydrogen) atoms. The second-order valence-corrected chi connectivity index (χ2v) is 8.72. The topological polar surface area (TPSA) is 76.5 Å². The van der Waals surface area contributed by atoms with Gasteiger partial charge in [-0.15, -0.1) is 0 Å². The Hall–Kier alpha value is -2.90. The third-order valence-corrected chi connectivity index (χ3v) is 4.58. The van der Waals surface area contributed by atoms with Gasteiger partial charge in [0, 0.05) is 24.8 Å². The molecule has 0 atom stereocenters. The number of nitrogens with zero attached hydrogens (tertiary/aromatic N) is 3. The number of halogens is 1. The summed E-state index contributed by atoms with van der Waals surface area (Å²) in [6.45, 7) is 10.1. The predicted octanol–water partition coefficient (Wildman–Crippen LogP) is 3.33. The van der Waals surface area contributed by atoms with Crippen LogP contribution in [-0.4, -0.2) is 44.1 Å². The maximum Gasteiger partial charge on any atom is 0.408 e. The van der Waals surface area contributed by atoms with Gasteiger partial charge in [-0.05, 0) is 58.9 Å². The zero-order valence-corrected chi connectivity index (χ0v) is 17.5. The number of alkyl carbamates (subject to hydrolysis) is 1. The monoisotopic (exact) mass is 402 g/mol. The highest BCUT2D eigenvalue weighted by Gasteiger charge is 2.36. The first-order valence-electron chi connectivity index (χ1n) is 9.57. The minimum atomic E-state index is -1.11. The van der Waals surface area contributed by atoms with E-state index in [2.05, 4.69) is 10.3 Å². The predicted molar refractivity (Wildman–Crippen MR) is 106 cm³/mol. The normalized spacial score (nSPS) is 14.3. The molecule has 0 saturated heterocycles. The van der Waals surface area contributed by atoms with E-state index in [1.165, 1.54) is 12.1 Å². The molecule has 1 aliphatic rings. The highest BCUT2D eigenvalue weighted by molar-refractivity contribution is 5.89. The summed E-state index contributed by atoms with van der Waals surface area (Å²) in [7, 11) is 0. The fourth-order valence-electron chi connectivity index (χ4n) is 3.19. The zero-order valence-electron chi connectivity index (χ0n) is 17.5. The Balaban J connectivity index is 1.70. The molecule has 7 nitrogen and oxygen atoms in total. The van der Waals surface area contributed by atoms with E-state index in [4.69, 9.17) is 4.74 Å². The molecule has 0 aliphatic carbocycles. The van der Waals surface area contributed by atoms with Crippen LogP contribution in [0.3, 0.4) is 0 Å². The molecule has 1 aromatic heterocycles. The van der Waals surface area contributed by atoms with Crippen molar-refractivity contribution in [3.63, 3.8) is 0 Å². The minimum absolute atomic E-state index is 0.207. The molecule has 2 aromatic rings. The van der Waals surface area contributed by atoms with E-state index >= 15 is 0 Å². The van der Waals surface area contributed by atoms with Gasteiger partial charge in [0.1, 0.15) is 22.8 Å². The Bertz CT molecular complexity index is 913. The molecule has 8 heteroatoms. The number of fused-ring (bicyclic) bond motifs is 1.